The van der Waals surface area contributed by atoms with Gasteiger partial charge in [0.1, 0.15) is 0 Å². The summed E-state index contributed by atoms with van der Waals surface area (Å²) in [6, 6.07) is 0. The minimum absolute atomic E-state index is 0.313. The van der Waals surface area contributed by atoms with Crippen molar-refractivity contribution in [1.82, 2.24) is 5.32 Å². The molecule has 1 saturated carbocycles. The van der Waals surface area contributed by atoms with Crippen molar-refractivity contribution in [3.05, 3.63) is 0 Å². The third-order valence-corrected chi connectivity index (χ3v) is 5.93. The Labute approximate surface area is 103 Å². The summed E-state index contributed by atoms with van der Waals surface area (Å²) in [7, 11) is 0. The van der Waals surface area contributed by atoms with Crippen LogP contribution < -0.4 is 5.32 Å². The van der Waals surface area contributed by atoms with Crippen LogP contribution in [0.5, 0.6) is 0 Å². The number of rotatable bonds is 3. The lowest BCUT2D eigenvalue weighted by molar-refractivity contribution is -0.0704. The fourth-order valence-electron chi connectivity index (χ4n) is 3.23. The zero-order chi connectivity index (χ0) is 10.8. The standard InChI is InChI=1S/C13H23NOS/c1-2-5-13(4-1)7-12(3-6-15-13)16-10-11-8-14-9-11/h11-12,14H,1-10H2. The zero-order valence-electron chi connectivity index (χ0n) is 10.0. The van der Waals surface area contributed by atoms with Crippen LogP contribution in [0.2, 0.25) is 0 Å². The summed E-state index contributed by atoms with van der Waals surface area (Å²) >= 11 is 2.22. The van der Waals surface area contributed by atoms with E-state index in [1.54, 1.807) is 0 Å². The van der Waals surface area contributed by atoms with Gasteiger partial charge in [0, 0.05) is 11.9 Å². The van der Waals surface area contributed by atoms with E-state index in [2.05, 4.69) is 17.1 Å². The Kier molecular flexibility index (Phi) is 3.46. The first-order valence-electron chi connectivity index (χ1n) is 6.83. The van der Waals surface area contributed by atoms with E-state index in [1.807, 2.05) is 0 Å². The van der Waals surface area contributed by atoms with Gasteiger partial charge in [-0.05, 0) is 50.4 Å². The van der Waals surface area contributed by atoms with Crippen LogP contribution in [0.15, 0.2) is 0 Å². The topological polar surface area (TPSA) is 21.3 Å². The highest BCUT2D eigenvalue weighted by atomic mass is 32.2. The van der Waals surface area contributed by atoms with Gasteiger partial charge in [-0.1, -0.05) is 12.8 Å². The van der Waals surface area contributed by atoms with Crippen LogP contribution in [0.3, 0.4) is 0 Å². The van der Waals surface area contributed by atoms with E-state index >= 15 is 0 Å². The molecular weight excluding hydrogens is 218 g/mol. The predicted molar refractivity (Wildman–Crippen MR) is 69.0 cm³/mol. The Morgan fingerprint density at radius 3 is 2.75 bits per heavy atom. The highest BCUT2D eigenvalue weighted by Gasteiger charge is 2.40. The molecule has 0 aromatic heterocycles. The second-order valence-corrected chi connectivity index (χ2v) is 7.04. The summed E-state index contributed by atoms with van der Waals surface area (Å²) in [5.41, 5.74) is 0.313. The van der Waals surface area contributed by atoms with Gasteiger partial charge in [-0.3, -0.25) is 0 Å². The third kappa shape index (κ3) is 2.41. The molecule has 2 nitrogen and oxygen atoms in total. The van der Waals surface area contributed by atoms with Gasteiger partial charge in [-0.2, -0.15) is 11.8 Å². The van der Waals surface area contributed by atoms with Crippen molar-refractivity contribution < 1.29 is 4.74 Å². The van der Waals surface area contributed by atoms with Crippen molar-refractivity contribution in [3.63, 3.8) is 0 Å². The molecule has 2 aliphatic heterocycles. The van der Waals surface area contributed by atoms with E-state index in [9.17, 15) is 0 Å². The fraction of sp³-hybridized carbons (Fsp3) is 1.00. The Bertz CT molecular complexity index is 236. The van der Waals surface area contributed by atoms with E-state index in [0.29, 0.717) is 5.60 Å². The number of nitrogens with one attached hydrogen (secondary N) is 1. The summed E-state index contributed by atoms with van der Waals surface area (Å²) in [6.07, 6.45) is 8.06. The molecule has 2 saturated heterocycles. The van der Waals surface area contributed by atoms with Crippen molar-refractivity contribution >= 4 is 11.8 Å². The molecule has 3 rings (SSSR count). The normalized spacial score (nSPS) is 34.1. The van der Waals surface area contributed by atoms with Crippen LogP contribution in [0.25, 0.3) is 0 Å². The Hall–Kier alpha value is 0.270. The lowest BCUT2D eigenvalue weighted by Crippen LogP contribution is -2.44. The molecule has 0 bridgehead atoms. The molecular formula is C13H23NOS. The van der Waals surface area contributed by atoms with Crippen molar-refractivity contribution in [2.75, 3.05) is 25.4 Å². The monoisotopic (exact) mass is 241 g/mol. The summed E-state index contributed by atoms with van der Waals surface area (Å²) in [5.74, 6) is 2.32. The first kappa shape index (κ1) is 11.4. The molecule has 3 heteroatoms. The van der Waals surface area contributed by atoms with Crippen molar-refractivity contribution in [2.24, 2.45) is 5.92 Å². The van der Waals surface area contributed by atoms with Gasteiger partial charge in [0.25, 0.3) is 0 Å². The van der Waals surface area contributed by atoms with Crippen molar-refractivity contribution in [2.45, 2.75) is 49.4 Å². The molecule has 1 N–H and O–H groups in total. The first-order valence-corrected chi connectivity index (χ1v) is 7.87. The van der Waals surface area contributed by atoms with Gasteiger partial charge >= 0.3 is 0 Å². The van der Waals surface area contributed by atoms with Gasteiger partial charge < -0.3 is 10.1 Å². The lowest BCUT2D eigenvalue weighted by atomic mass is 9.92. The van der Waals surface area contributed by atoms with E-state index in [4.69, 9.17) is 4.74 Å². The molecule has 0 aromatic carbocycles. The Balaban J connectivity index is 1.47. The third-order valence-electron chi connectivity index (χ3n) is 4.40. The van der Waals surface area contributed by atoms with Crippen LogP contribution in [-0.2, 0) is 4.74 Å². The molecule has 92 valence electrons. The number of thioether (sulfide) groups is 1. The molecule has 3 fully saturated rings. The lowest BCUT2D eigenvalue weighted by Gasteiger charge is -2.39. The van der Waals surface area contributed by atoms with Gasteiger partial charge in [-0.15, -0.1) is 0 Å². The quantitative estimate of drug-likeness (QED) is 0.820. The molecule has 0 aromatic rings. The molecule has 16 heavy (non-hydrogen) atoms. The second-order valence-electron chi connectivity index (χ2n) is 5.71. The molecule has 1 atom stereocenters. The number of ether oxygens (including phenoxy) is 1. The van der Waals surface area contributed by atoms with Crippen LogP contribution in [0.1, 0.15) is 38.5 Å². The summed E-state index contributed by atoms with van der Waals surface area (Å²) in [5, 5.41) is 4.24. The summed E-state index contributed by atoms with van der Waals surface area (Å²) in [6.45, 7) is 3.52. The van der Waals surface area contributed by atoms with E-state index in [1.165, 1.54) is 57.4 Å². The molecule has 1 spiro atoms. The van der Waals surface area contributed by atoms with Crippen LogP contribution in [0.4, 0.5) is 0 Å². The molecule has 1 aliphatic carbocycles. The number of hydrogen-bond donors (Lipinski definition) is 1. The molecule has 1 unspecified atom stereocenters. The maximum absolute atomic E-state index is 6.08. The van der Waals surface area contributed by atoms with Crippen molar-refractivity contribution in [3.8, 4) is 0 Å². The maximum Gasteiger partial charge on any atom is 0.0693 e. The maximum atomic E-state index is 6.08. The smallest absolute Gasteiger partial charge is 0.0693 e. The van der Waals surface area contributed by atoms with Gasteiger partial charge in [0.2, 0.25) is 0 Å². The molecule has 3 aliphatic rings. The largest absolute Gasteiger partial charge is 0.375 e. The number of hydrogen-bond acceptors (Lipinski definition) is 3. The minimum atomic E-state index is 0.313. The van der Waals surface area contributed by atoms with E-state index < -0.39 is 0 Å². The molecule has 2 heterocycles. The van der Waals surface area contributed by atoms with Crippen LogP contribution in [-0.4, -0.2) is 36.3 Å². The van der Waals surface area contributed by atoms with Crippen molar-refractivity contribution in [1.29, 1.82) is 0 Å². The second kappa shape index (κ2) is 4.87. The zero-order valence-corrected chi connectivity index (χ0v) is 10.9. The first-order chi connectivity index (χ1) is 7.86. The fourth-order valence-corrected chi connectivity index (χ4v) is 4.70. The predicted octanol–water partition coefficient (Wildman–Crippen LogP) is 2.43. The SMILES string of the molecule is C1CCC2(C1)CC(SCC1CNC1)CCO2. The van der Waals surface area contributed by atoms with Gasteiger partial charge in [-0.25, -0.2) is 0 Å². The summed E-state index contributed by atoms with van der Waals surface area (Å²) in [4.78, 5) is 0. The van der Waals surface area contributed by atoms with Gasteiger partial charge in [0.05, 0.1) is 5.60 Å². The molecule has 0 amide bonds. The van der Waals surface area contributed by atoms with Crippen LogP contribution in [0, 0.1) is 5.92 Å². The summed E-state index contributed by atoms with van der Waals surface area (Å²) < 4.78 is 6.08. The average molecular weight is 241 g/mol. The minimum Gasteiger partial charge on any atom is -0.375 e. The van der Waals surface area contributed by atoms with E-state index in [-0.39, 0.29) is 0 Å². The molecule has 0 radical (unpaired) electrons. The Morgan fingerprint density at radius 1 is 1.25 bits per heavy atom. The highest BCUT2D eigenvalue weighted by Crippen LogP contribution is 2.43. The highest BCUT2D eigenvalue weighted by molar-refractivity contribution is 7.99. The Morgan fingerprint density at radius 2 is 2.06 bits per heavy atom. The average Bonchev–Trinajstić information content (AvgIpc) is 2.64. The van der Waals surface area contributed by atoms with Crippen LogP contribution >= 0.6 is 11.8 Å². The van der Waals surface area contributed by atoms with E-state index in [0.717, 1.165) is 17.8 Å². The van der Waals surface area contributed by atoms with Gasteiger partial charge in [0.15, 0.2) is 0 Å².